The van der Waals surface area contributed by atoms with E-state index >= 15 is 0 Å². The van der Waals surface area contributed by atoms with E-state index in [0.29, 0.717) is 0 Å². The molecule has 4 nitrogen and oxygen atoms in total. The summed E-state index contributed by atoms with van der Waals surface area (Å²) in [5.74, 6) is 0.944. The van der Waals surface area contributed by atoms with Crippen molar-refractivity contribution in [2.45, 2.75) is 6.92 Å². The summed E-state index contributed by atoms with van der Waals surface area (Å²) in [6.45, 7) is 1.99. The molecule has 0 aromatic heterocycles. The van der Waals surface area contributed by atoms with Gasteiger partial charge in [0, 0.05) is 0 Å². The van der Waals surface area contributed by atoms with E-state index in [4.69, 9.17) is 19.2 Å². The SMILES string of the molecule is CCS.O=P(O)(O)O. The van der Waals surface area contributed by atoms with Gasteiger partial charge in [-0.25, -0.2) is 4.57 Å². The Bertz CT molecular complexity index is 69.8. The first-order valence-electron chi connectivity index (χ1n) is 1.81. The predicted molar refractivity (Wildman–Crippen MR) is 33.8 cm³/mol. The summed E-state index contributed by atoms with van der Waals surface area (Å²) >= 11 is 3.79. The Morgan fingerprint density at radius 1 is 1.50 bits per heavy atom. The number of phosphoric acid groups is 1. The lowest BCUT2D eigenvalue weighted by Gasteiger charge is -1.82. The monoisotopic (exact) mass is 160 g/mol. The second-order valence-electron chi connectivity index (χ2n) is 0.830. The molecule has 0 aliphatic rings. The van der Waals surface area contributed by atoms with Gasteiger partial charge in [0.2, 0.25) is 0 Å². The first-order chi connectivity index (χ1) is 3.41. The van der Waals surface area contributed by atoms with Crippen molar-refractivity contribution < 1.29 is 19.2 Å². The summed E-state index contributed by atoms with van der Waals surface area (Å²) < 4.78 is 8.88. The third-order valence-corrected chi connectivity index (χ3v) is 0. The lowest BCUT2D eigenvalue weighted by molar-refractivity contribution is 0.275. The molecule has 6 heteroatoms. The minimum Gasteiger partial charge on any atom is -0.303 e. The molecule has 0 amide bonds. The van der Waals surface area contributed by atoms with E-state index in [-0.39, 0.29) is 0 Å². The number of hydrogen-bond donors (Lipinski definition) is 4. The molecule has 0 aromatic carbocycles. The van der Waals surface area contributed by atoms with Crippen LogP contribution in [-0.4, -0.2) is 20.4 Å². The molecule has 0 rings (SSSR count). The van der Waals surface area contributed by atoms with Crippen molar-refractivity contribution >= 4 is 20.5 Å². The maximum atomic E-state index is 8.88. The van der Waals surface area contributed by atoms with Crippen molar-refractivity contribution in [2.24, 2.45) is 0 Å². The van der Waals surface area contributed by atoms with Crippen LogP contribution in [0.2, 0.25) is 0 Å². The quantitative estimate of drug-likeness (QED) is 0.297. The summed E-state index contributed by atoms with van der Waals surface area (Å²) in [4.78, 5) is 21.6. The van der Waals surface area contributed by atoms with Crippen LogP contribution < -0.4 is 0 Å². The molecule has 0 atom stereocenters. The van der Waals surface area contributed by atoms with Gasteiger partial charge in [-0.1, -0.05) is 6.92 Å². The Kier molecular flexibility index (Phi) is 7.89. The van der Waals surface area contributed by atoms with Crippen molar-refractivity contribution in [2.75, 3.05) is 5.75 Å². The Hall–Kier alpha value is 0.460. The van der Waals surface area contributed by atoms with Crippen molar-refractivity contribution in [3.8, 4) is 0 Å². The number of rotatable bonds is 0. The minimum absolute atomic E-state index is 0.944. The normalized spacial score (nSPS) is 9.62. The van der Waals surface area contributed by atoms with E-state index in [1.165, 1.54) is 0 Å². The second kappa shape index (κ2) is 5.59. The molecule has 0 spiro atoms. The van der Waals surface area contributed by atoms with Gasteiger partial charge in [-0.3, -0.25) is 0 Å². The van der Waals surface area contributed by atoms with E-state index in [9.17, 15) is 0 Å². The van der Waals surface area contributed by atoms with Gasteiger partial charge in [-0.2, -0.15) is 12.6 Å². The van der Waals surface area contributed by atoms with E-state index in [2.05, 4.69) is 12.6 Å². The summed E-state index contributed by atoms with van der Waals surface area (Å²) in [6, 6.07) is 0. The average molecular weight is 160 g/mol. The topological polar surface area (TPSA) is 77.8 Å². The Morgan fingerprint density at radius 3 is 1.50 bits per heavy atom. The number of thiol groups is 1. The summed E-state index contributed by atoms with van der Waals surface area (Å²) in [7, 11) is -4.64. The zero-order chi connectivity index (χ0) is 7.21. The van der Waals surface area contributed by atoms with Gasteiger partial charge in [0.1, 0.15) is 0 Å². The molecule has 0 fully saturated rings. The predicted octanol–water partition coefficient (Wildman–Crippen LogP) is 0.00750. The van der Waals surface area contributed by atoms with Crippen LogP contribution in [0.3, 0.4) is 0 Å². The highest BCUT2D eigenvalue weighted by atomic mass is 32.1. The zero-order valence-electron chi connectivity index (χ0n) is 4.35. The highest BCUT2D eigenvalue weighted by Crippen LogP contribution is 2.25. The van der Waals surface area contributed by atoms with Gasteiger partial charge in [-0.15, -0.1) is 0 Å². The molecule has 0 aliphatic carbocycles. The van der Waals surface area contributed by atoms with Crippen LogP contribution in [0.5, 0.6) is 0 Å². The first kappa shape index (κ1) is 11.3. The zero-order valence-corrected chi connectivity index (χ0v) is 6.14. The van der Waals surface area contributed by atoms with Gasteiger partial charge >= 0.3 is 7.82 Å². The van der Waals surface area contributed by atoms with Crippen molar-refractivity contribution in [3.05, 3.63) is 0 Å². The molecule has 3 N–H and O–H groups in total. The maximum Gasteiger partial charge on any atom is 0.466 e. The summed E-state index contributed by atoms with van der Waals surface area (Å²) in [6.07, 6.45) is 0. The van der Waals surface area contributed by atoms with Gasteiger partial charge in [0.05, 0.1) is 0 Å². The lowest BCUT2D eigenvalue weighted by Crippen LogP contribution is -1.66. The van der Waals surface area contributed by atoms with Crippen LogP contribution in [-0.2, 0) is 4.57 Å². The third-order valence-electron chi connectivity index (χ3n) is 0. The van der Waals surface area contributed by atoms with E-state index in [0.717, 1.165) is 5.75 Å². The van der Waals surface area contributed by atoms with Crippen LogP contribution in [0.1, 0.15) is 6.92 Å². The molecule has 0 bridgehead atoms. The molecule has 0 heterocycles. The fourth-order valence-electron chi connectivity index (χ4n) is 0. The highest BCUT2D eigenvalue weighted by molar-refractivity contribution is 7.80. The van der Waals surface area contributed by atoms with Crippen LogP contribution in [0.15, 0.2) is 0 Å². The lowest BCUT2D eigenvalue weighted by atomic mass is 11.0. The highest BCUT2D eigenvalue weighted by Gasteiger charge is 2.00. The van der Waals surface area contributed by atoms with Crippen LogP contribution in [0.4, 0.5) is 0 Å². The molecule has 0 saturated heterocycles. The summed E-state index contributed by atoms with van der Waals surface area (Å²) in [5.41, 5.74) is 0. The molecular formula is C2H9O4PS. The number of hydrogen-bond acceptors (Lipinski definition) is 2. The molecule has 0 aromatic rings. The van der Waals surface area contributed by atoms with Crippen LogP contribution in [0.25, 0.3) is 0 Å². The molecule has 0 radical (unpaired) electrons. The molecular weight excluding hydrogens is 151 g/mol. The molecule has 0 saturated carbocycles. The molecule has 0 aliphatic heterocycles. The Labute approximate surface area is 53.2 Å². The average Bonchev–Trinajstić information content (AvgIpc) is 1.27. The van der Waals surface area contributed by atoms with E-state index < -0.39 is 7.82 Å². The van der Waals surface area contributed by atoms with Crippen molar-refractivity contribution in [1.29, 1.82) is 0 Å². The minimum atomic E-state index is -4.64. The fraction of sp³-hybridized carbons (Fsp3) is 1.00. The first-order valence-corrected chi connectivity index (χ1v) is 4.00. The Balaban J connectivity index is 0. The largest absolute Gasteiger partial charge is 0.466 e. The second-order valence-corrected chi connectivity index (χ2v) is 2.49. The summed E-state index contributed by atoms with van der Waals surface area (Å²) in [5, 5.41) is 0. The van der Waals surface area contributed by atoms with E-state index in [1.54, 1.807) is 0 Å². The van der Waals surface area contributed by atoms with Gasteiger partial charge in [0.15, 0.2) is 0 Å². The maximum absolute atomic E-state index is 8.88. The van der Waals surface area contributed by atoms with E-state index in [1.807, 2.05) is 6.92 Å². The standard InChI is InChI=1S/C2H6S.H3O4P/c1-2-3;1-5(2,3)4/h3H,2H2,1H3;(H3,1,2,3,4). The smallest absolute Gasteiger partial charge is 0.303 e. The molecule has 0 unspecified atom stereocenters. The fourth-order valence-corrected chi connectivity index (χ4v) is 0. The molecule has 8 heavy (non-hydrogen) atoms. The van der Waals surface area contributed by atoms with Gasteiger partial charge < -0.3 is 14.7 Å². The van der Waals surface area contributed by atoms with Crippen molar-refractivity contribution in [3.63, 3.8) is 0 Å². The molecule has 52 valence electrons. The van der Waals surface area contributed by atoms with Gasteiger partial charge in [0.25, 0.3) is 0 Å². The van der Waals surface area contributed by atoms with Gasteiger partial charge in [-0.05, 0) is 5.75 Å². The Morgan fingerprint density at radius 2 is 1.50 bits per heavy atom. The van der Waals surface area contributed by atoms with Crippen molar-refractivity contribution in [1.82, 2.24) is 0 Å². The van der Waals surface area contributed by atoms with Crippen LogP contribution >= 0.6 is 20.5 Å². The third kappa shape index (κ3) is 910. The van der Waals surface area contributed by atoms with Crippen LogP contribution in [0, 0.1) is 0 Å².